The van der Waals surface area contributed by atoms with E-state index in [9.17, 15) is 4.79 Å². The maximum atomic E-state index is 11.3. The molecule has 1 aromatic carbocycles. The standard InChI is InChI=1S/C12H9ClN2O3/c1-17-11(16)9-7-10(15-12(13)14-9)18-8-5-3-2-4-6-8/h2-7H,1H3. The van der Waals surface area contributed by atoms with Crippen LogP contribution in [0.4, 0.5) is 0 Å². The van der Waals surface area contributed by atoms with Gasteiger partial charge in [0.05, 0.1) is 7.11 Å². The molecular weight excluding hydrogens is 256 g/mol. The van der Waals surface area contributed by atoms with E-state index in [-0.39, 0.29) is 16.9 Å². The molecule has 0 saturated heterocycles. The first kappa shape index (κ1) is 12.3. The van der Waals surface area contributed by atoms with Crippen LogP contribution in [0.1, 0.15) is 10.5 Å². The summed E-state index contributed by atoms with van der Waals surface area (Å²) in [7, 11) is 1.26. The summed E-state index contributed by atoms with van der Waals surface area (Å²) in [6.45, 7) is 0. The lowest BCUT2D eigenvalue weighted by Gasteiger charge is -2.05. The number of benzene rings is 1. The fourth-order valence-corrected chi connectivity index (χ4v) is 1.44. The van der Waals surface area contributed by atoms with Gasteiger partial charge in [-0.15, -0.1) is 0 Å². The van der Waals surface area contributed by atoms with E-state index in [0.717, 1.165) is 0 Å². The summed E-state index contributed by atoms with van der Waals surface area (Å²) in [4.78, 5) is 19.0. The molecule has 92 valence electrons. The van der Waals surface area contributed by atoms with E-state index in [2.05, 4.69) is 14.7 Å². The van der Waals surface area contributed by atoms with Gasteiger partial charge in [0.1, 0.15) is 5.75 Å². The Morgan fingerprint density at radius 3 is 2.61 bits per heavy atom. The first-order chi connectivity index (χ1) is 8.69. The second-order valence-electron chi connectivity index (χ2n) is 3.27. The number of aromatic nitrogens is 2. The molecule has 2 aromatic rings. The van der Waals surface area contributed by atoms with Crippen molar-refractivity contribution < 1.29 is 14.3 Å². The third kappa shape index (κ3) is 2.95. The van der Waals surface area contributed by atoms with Crippen LogP contribution in [0.3, 0.4) is 0 Å². The fourth-order valence-electron chi connectivity index (χ4n) is 1.27. The summed E-state index contributed by atoms with van der Waals surface area (Å²) in [6, 6.07) is 10.4. The maximum absolute atomic E-state index is 11.3. The summed E-state index contributed by atoms with van der Waals surface area (Å²) in [6.07, 6.45) is 0. The molecule has 0 amide bonds. The molecule has 0 atom stereocenters. The average molecular weight is 265 g/mol. The minimum absolute atomic E-state index is 0.0448. The zero-order chi connectivity index (χ0) is 13.0. The number of carbonyl (C=O) groups excluding carboxylic acids is 1. The minimum atomic E-state index is -0.600. The summed E-state index contributed by atoms with van der Waals surface area (Å²) in [5.74, 6) is 0.168. The summed E-state index contributed by atoms with van der Waals surface area (Å²) >= 11 is 5.71. The normalized spacial score (nSPS) is 9.89. The number of carbonyl (C=O) groups is 1. The van der Waals surface area contributed by atoms with Crippen molar-refractivity contribution >= 4 is 17.6 Å². The Bertz CT molecular complexity index is 561. The number of nitrogens with zero attached hydrogens (tertiary/aromatic N) is 2. The first-order valence-corrected chi connectivity index (χ1v) is 5.42. The number of hydrogen-bond donors (Lipinski definition) is 0. The lowest BCUT2D eigenvalue weighted by molar-refractivity contribution is 0.0593. The van der Waals surface area contributed by atoms with E-state index in [1.54, 1.807) is 12.1 Å². The molecule has 0 aliphatic carbocycles. The molecule has 0 aliphatic heterocycles. The van der Waals surface area contributed by atoms with Crippen molar-refractivity contribution in [2.45, 2.75) is 0 Å². The Labute approximate surface area is 108 Å². The summed E-state index contributed by atoms with van der Waals surface area (Å²) in [5.41, 5.74) is 0.0448. The van der Waals surface area contributed by atoms with Gasteiger partial charge >= 0.3 is 5.97 Å². The zero-order valence-corrected chi connectivity index (χ0v) is 10.2. The van der Waals surface area contributed by atoms with Crippen molar-refractivity contribution in [2.24, 2.45) is 0 Å². The quantitative estimate of drug-likeness (QED) is 0.630. The number of para-hydroxylation sites is 1. The molecule has 1 aromatic heterocycles. The number of methoxy groups -OCH3 is 1. The summed E-state index contributed by atoms with van der Waals surface area (Å²) < 4.78 is 10.0. The Balaban J connectivity index is 2.28. The largest absolute Gasteiger partial charge is 0.464 e. The van der Waals surface area contributed by atoms with Crippen LogP contribution in [0.2, 0.25) is 5.28 Å². The Morgan fingerprint density at radius 1 is 1.22 bits per heavy atom. The molecule has 0 saturated carbocycles. The van der Waals surface area contributed by atoms with Gasteiger partial charge in [-0.25, -0.2) is 9.78 Å². The number of esters is 1. The zero-order valence-electron chi connectivity index (χ0n) is 9.46. The van der Waals surface area contributed by atoms with Crippen molar-refractivity contribution in [2.75, 3.05) is 7.11 Å². The monoisotopic (exact) mass is 264 g/mol. The van der Waals surface area contributed by atoms with Gasteiger partial charge in [-0.2, -0.15) is 4.98 Å². The number of halogens is 1. The highest BCUT2D eigenvalue weighted by Gasteiger charge is 2.12. The molecule has 2 rings (SSSR count). The topological polar surface area (TPSA) is 61.3 Å². The lowest BCUT2D eigenvalue weighted by atomic mass is 10.3. The van der Waals surface area contributed by atoms with Gasteiger partial charge in [0.25, 0.3) is 0 Å². The van der Waals surface area contributed by atoms with Crippen LogP contribution in [0.15, 0.2) is 36.4 Å². The van der Waals surface area contributed by atoms with Crippen molar-refractivity contribution in [3.8, 4) is 11.6 Å². The van der Waals surface area contributed by atoms with Gasteiger partial charge in [-0.05, 0) is 23.7 Å². The van der Waals surface area contributed by atoms with Crippen molar-refractivity contribution in [1.29, 1.82) is 0 Å². The smallest absolute Gasteiger partial charge is 0.356 e. The van der Waals surface area contributed by atoms with Gasteiger partial charge in [-0.1, -0.05) is 18.2 Å². The average Bonchev–Trinajstić information content (AvgIpc) is 2.38. The number of ether oxygens (including phenoxy) is 2. The van der Waals surface area contributed by atoms with Crippen LogP contribution in [0.5, 0.6) is 11.6 Å². The Kier molecular flexibility index (Phi) is 3.74. The van der Waals surface area contributed by atoms with E-state index in [4.69, 9.17) is 16.3 Å². The number of hydrogen-bond acceptors (Lipinski definition) is 5. The molecule has 6 heteroatoms. The molecule has 0 unspecified atom stereocenters. The molecule has 1 heterocycles. The van der Waals surface area contributed by atoms with E-state index >= 15 is 0 Å². The molecule has 0 fully saturated rings. The predicted molar refractivity (Wildman–Crippen MR) is 64.9 cm³/mol. The second-order valence-corrected chi connectivity index (χ2v) is 3.61. The maximum Gasteiger partial charge on any atom is 0.356 e. The van der Waals surface area contributed by atoms with Gasteiger partial charge < -0.3 is 9.47 Å². The van der Waals surface area contributed by atoms with E-state index < -0.39 is 5.97 Å². The Morgan fingerprint density at radius 2 is 1.94 bits per heavy atom. The van der Waals surface area contributed by atoms with Gasteiger partial charge in [0.2, 0.25) is 11.2 Å². The molecule has 0 spiro atoms. The molecule has 5 nitrogen and oxygen atoms in total. The van der Waals surface area contributed by atoms with E-state index in [1.165, 1.54) is 13.2 Å². The van der Waals surface area contributed by atoms with Crippen LogP contribution in [-0.2, 0) is 4.74 Å². The van der Waals surface area contributed by atoms with Crippen LogP contribution >= 0.6 is 11.6 Å². The number of rotatable bonds is 3. The third-order valence-electron chi connectivity index (χ3n) is 2.04. The molecule has 0 N–H and O–H groups in total. The lowest BCUT2D eigenvalue weighted by Crippen LogP contribution is -2.05. The van der Waals surface area contributed by atoms with Crippen LogP contribution in [-0.4, -0.2) is 23.0 Å². The highest BCUT2D eigenvalue weighted by molar-refractivity contribution is 6.28. The SMILES string of the molecule is COC(=O)c1cc(Oc2ccccc2)nc(Cl)n1. The fraction of sp³-hybridized carbons (Fsp3) is 0.0833. The van der Waals surface area contributed by atoms with E-state index in [1.807, 2.05) is 18.2 Å². The van der Waals surface area contributed by atoms with Gasteiger partial charge in [0.15, 0.2) is 5.69 Å². The van der Waals surface area contributed by atoms with Crippen LogP contribution in [0.25, 0.3) is 0 Å². The summed E-state index contributed by atoms with van der Waals surface area (Å²) in [5, 5.41) is -0.0798. The molecule has 0 radical (unpaired) electrons. The van der Waals surface area contributed by atoms with Gasteiger partial charge in [0, 0.05) is 6.07 Å². The third-order valence-corrected chi connectivity index (χ3v) is 2.20. The predicted octanol–water partition coefficient (Wildman–Crippen LogP) is 2.71. The minimum Gasteiger partial charge on any atom is -0.464 e. The van der Waals surface area contributed by atoms with Crippen LogP contribution < -0.4 is 4.74 Å². The van der Waals surface area contributed by atoms with Gasteiger partial charge in [-0.3, -0.25) is 0 Å². The highest BCUT2D eigenvalue weighted by Crippen LogP contribution is 2.20. The van der Waals surface area contributed by atoms with E-state index in [0.29, 0.717) is 5.75 Å². The van der Waals surface area contributed by atoms with Crippen LogP contribution in [0, 0.1) is 0 Å². The molecule has 18 heavy (non-hydrogen) atoms. The van der Waals surface area contributed by atoms with Crippen molar-refractivity contribution in [1.82, 2.24) is 9.97 Å². The van der Waals surface area contributed by atoms with Crippen molar-refractivity contribution in [3.63, 3.8) is 0 Å². The van der Waals surface area contributed by atoms with Crippen molar-refractivity contribution in [3.05, 3.63) is 47.4 Å². The first-order valence-electron chi connectivity index (χ1n) is 5.05. The molecular formula is C12H9ClN2O3. The molecule has 0 aliphatic rings. The molecule has 0 bridgehead atoms. The second kappa shape index (κ2) is 5.46. The Hall–Kier alpha value is -2.14. The highest BCUT2D eigenvalue weighted by atomic mass is 35.5.